The maximum absolute atomic E-state index is 12.3. The second-order valence-corrected chi connectivity index (χ2v) is 6.21. The third-order valence-electron chi connectivity index (χ3n) is 4.67. The molecular weight excluding hydrogens is 320 g/mol. The van der Waals surface area contributed by atoms with Gasteiger partial charge in [-0.15, -0.1) is 0 Å². The zero-order valence-corrected chi connectivity index (χ0v) is 15.2. The van der Waals surface area contributed by atoms with Crippen molar-refractivity contribution in [3.63, 3.8) is 0 Å². The van der Waals surface area contributed by atoms with Crippen molar-refractivity contribution in [2.75, 3.05) is 45.8 Å². The van der Waals surface area contributed by atoms with Gasteiger partial charge in [-0.3, -0.25) is 19.3 Å². The van der Waals surface area contributed by atoms with Gasteiger partial charge in [0, 0.05) is 64.5 Å². The van der Waals surface area contributed by atoms with Crippen LogP contribution in [0.4, 0.5) is 0 Å². The fourth-order valence-corrected chi connectivity index (χ4v) is 3.04. The SMILES string of the molecule is CCN(CC)C(=O)CN1CCN(C(=O)CCn2ccccc2=O)CC1. The Morgan fingerprint density at radius 1 is 1.08 bits per heavy atom. The number of aromatic nitrogens is 1. The standard InChI is InChI=1S/C18H28N4O3/c1-3-20(4-2)18(25)15-19-11-13-22(14-12-19)17(24)8-10-21-9-6-5-7-16(21)23/h5-7,9H,3-4,8,10-15H2,1-2H3. The number of pyridine rings is 1. The lowest BCUT2D eigenvalue weighted by atomic mass is 10.2. The molecule has 0 radical (unpaired) electrons. The minimum atomic E-state index is -0.0879. The van der Waals surface area contributed by atoms with Gasteiger partial charge in [0.2, 0.25) is 11.8 Å². The summed E-state index contributed by atoms with van der Waals surface area (Å²) in [6.07, 6.45) is 2.02. The molecule has 0 bridgehead atoms. The van der Waals surface area contributed by atoms with Crippen LogP contribution >= 0.6 is 0 Å². The average Bonchev–Trinajstić information content (AvgIpc) is 2.62. The maximum Gasteiger partial charge on any atom is 0.250 e. The minimum absolute atomic E-state index is 0.0606. The van der Waals surface area contributed by atoms with Crippen LogP contribution in [0.5, 0.6) is 0 Å². The minimum Gasteiger partial charge on any atom is -0.342 e. The summed E-state index contributed by atoms with van der Waals surface area (Å²) in [5.74, 6) is 0.207. The monoisotopic (exact) mass is 348 g/mol. The van der Waals surface area contributed by atoms with Crippen LogP contribution in [-0.4, -0.2) is 76.9 Å². The van der Waals surface area contributed by atoms with Gasteiger partial charge >= 0.3 is 0 Å². The van der Waals surface area contributed by atoms with Gasteiger partial charge in [0.25, 0.3) is 5.56 Å². The topological polar surface area (TPSA) is 65.9 Å². The molecule has 0 aliphatic carbocycles. The fraction of sp³-hybridized carbons (Fsp3) is 0.611. The summed E-state index contributed by atoms with van der Waals surface area (Å²) in [6, 6.07) is 4.98. The van der Waals surface area contributed by atoms with E-state index >= 15 is 0 Å². The number of hydrogen-bond donors (Lipinski definition) is 0. The van der Waals surface area contributed by atoms with Gasteiger partial charge < -0.3 is 14.4 Å². The van der Waals surface area contributed by atoms with Gasteiger partial charge in [-0.1, -0.05) is 6.07 Å². The van der Waals surface area contributed by atoms with E-state index in [1.807, 2.05) is 23.6 Å². The van der Waals surface area contributed by atoms with Gasteiger partial charge in [-0.25, -0.2) is 0 Å². The summed E-state index contributed by atoms with van der Waals surface area (Å²) < 4.78 is 1.55. The Morgan fingerprint density at radius 3 is 2.36 bits per heavy atom. The maximum atomic E-state index is 12.3. The zero-order chi connectivity index (χ0) is 18.2. The summed E-state index contributed by atoms with van der Waals surface area (Å²) in [6.45, 7) is 8.93. The van der Waals surface area contributed by atoms with E-state index in [0.717, 1.165) is 13.1 Å². The van der Waals surface area contributed by atoms with Gasteiger partial charge in [0.05, 0.1) is 6.54 Å². The molecule has 2 amide bonds. The van der Waals surface area contributed by atoms with E-state index in [0.29, 0.717) is 45.7 Å². The number of hydrogen-bond acceptors (Lipinski definition) is 4. The Hall–Kier alpha value is -2.15. The molecule has 7 heteroatoms. The van der Waals surface area contributed by atoms with Crippen molar-refractivity contribution in [2.45, 2.75) is 26.8 Å². The van der Waals surface area contributed by atoms with Gasteiger partial charge in [-0.05, 0) is 19.9 Å². The molecule has 1 aromatic heterocycles. The number of piperazine rings is 1. The van der Waals surface area contributed by atoms with Crippen LogP contribution in [0, 0.1) is 0 Å². The van der Waals surface area contributed by atoms with E-state index in [1.165, 1.54) is 6.07 Å². The van der Waals surface area contributed by atoms with Crippen molar-refractivity contribution in [1.82, 2.24) is 19.3 Å². The normalized spacial score (nSPS) is 15.2. The first-order chi connectivity index (χ1) is 12.0. The predicted molar refractivity (Wildman–Crippen MR) is 96.3 cm³/mol. The highest BCUT2D eigenvalue weighted by molar-refractivity contribution is 5.78. The lowest BCUT2D eigenvalue weighted by Gasteiger charge is -2.35. The highest BCUT2D eigenvalue weighted by Gasteiger charge is 2.23. The summed E-state index contributed by atoms with van der Waals surface area (Å²) in [4.78, 5) is 41.9. The molecule has 0 N–H and O–H groups in total. The van der Waals surface area contributed by atoms with Crippen LogP contribution in [0.2, 0.25) is 0 Å². The molecule has 0 saturated carbocycles. The number of nitrogens with zero attached hydrogens (tertiary/aromatic N) is 4. The van der Waals surface area contributed by atoms with E-state index in [-0.39, 0.29) is 17.4 Å². The number of carbonyl (C=O) groups excluding carboxylic acids is 2. The molecule has 0 unspecified atom stereocenters. The molecule has 1 aliphatic rings. The number of aryl methyl sites for hydroxylation is 1. The Balaban J connectivity index is 1.76. The van der Waals surface area contributed by atoms with Crippen LogP contribution in [-0.2, 0) is 16.1 Å². The summed E-state index contributed by atoms with van der Waals surface area (Å²) >= 11 is 0. The molecule has 1 aromatic rings. The third kappa shape index (κ3) is 5.42. The summed E-state index contributed by atoms with van der Waals surface area (Å²) in [7, 11) is 0. The van der Waals surface area contributed by atoms with Crippen molar-refractivity contribution in [3.05, 3.63) is 34.7 Å². The molecule has 1 saturated heterocycles. The van der Waals surface area contributed by atoms with Crippen LogP contribution in [0.3, 0.4) is 0 Å². The Bertz CT molecular complexity index is 631. The van der Waals surface area contributed by atoms with Crippen LogP contribution in [0.15, 0.2) is 29.2 Å². The van der Waals surface area contributed by atoms with E-state index in [2.05, 4.69) is 4.90 Å². The van der Waals surface area contributed by atoms with E-state index < -0.39 is 0 Å². The molecular formula is C18H28N4O3. The quantitative estimate of drug-likeness (QED) is 0.709. The first-order valence-corrected chi connectivity index (χ1v) is 8.98. The summed E-state index contributed by atoms with van der Waals surface area (Å²) in [5, 5.41) is 0. The van der Waals surface area contributed by atoms with Gasteiger partial charge in [0.1, 0.15) is 0 Å². The van der Waals surface area contributed by atoms with E-state index in [4.69, 9.17) is 0 Å². The molecule has 0 aromatic carbocycles. The number of carbonyl (C=O) groups is 2. The number of amides is 2. The van der Waals surface area contributed by atoms with Crippen molar-refractivity contribution in [1.29, 1.82) is 0 Å². The first kappa shape index (κ1) is 19.2. The van der Waals surface area contributed by atoms with Crippen LogP contribution in [0.25, 0.3) is 0 Å². The first-order valence-electron chi connectivity index (χ1n) is 8.98. The Kier molecular flexibility index (Phi) is 7.18. The average molecular weight is 348 g/mol. The van der Waals surface area contributed by atoms with Crippen LogP contribution < -0.4 is 5.56 Å². The molecule has 2 rings (SSSR count). The largest absolute Gasteiger partial charge is 0.342 e. The second kappa shape index (κ2) is 9.36. The van der Waals surface area contributed by atoms with Gasteiger partial charge in [0.15, 0.2) is 0 Å². The number of likely N-dealkylation sites (N-methyl/N-ethyl adjacent to an activating group) is 1. The molecule has 1 fully saturated rings. The molecule has 0 atom stereocenters. The summed E-state index contributed by atoms with van der Waals surface area (Å²) in [5.41, 5.74) is -0.0879. The van der Waals surface area contributed by atoms with Crippen molar-refractivity contribution in [2.24, 2.45) is 0 Å². The van der Waals surface area contributed by atoms with Crippen molar-refractivity contribution < 1.29 is 9.59 Å². The molecule has 1 aliphatic heterocycles. The molecule has 7 nitrogen and oxygen atoms in total. The number of rotatable bonds is 7. The smallest absolute Gasteiger partial charge is 0.250 e. The molecule has 25 heavy (non-hydrogen) atoms. The van der Waals surface area contributed by atoms with Gasteiger partial charge in [-0.2, -0.15) is 0 Å². The van der Waals surface area contributed by atoms with Crippen LogP contribution in [0.1, 0.15) is 20.3 Å². The highest BCUT2D eigenvalue weighted by Crippen LogP contribution is 2.05. The zero-order valence-electron chi connectivity index (χ0n) is 15.2. The van der Waals surface area contributed by atoms with E-state index in [1.54, 1.807) is 22.9 Å². The predicted octanol–water partition coefficient (Wildman–Crippen LogP) is 0.251. The highest BCUT2D eigenvalue weighted by atomic mass is 16.2. The van der Waals surface area contributed by atoms with Crippen molar-refractivity contribution >= 4 is 11.8 Å². The Morgan fingerprint density at radius 2 is 1.76 bits per heavy atom. The third-order valence-corrected chi connectivity index (χ3v) is 4.67. The van der Waals surface area contributed by atoms with E-state index in [9.17, 15) is 14.4 Å². The molecule has 0 spiro atoms. The molecule has 2 heterocycles. The molecule has 138 valence electrons. The Labute approximate surface area is 148 Å². The van der Waals surface area contributed by atoms with Crippen molar-refractivity contribution in [3.8, 4) is 0 Å². The fourth-order valence-electron chi connectivity index (χ4n) is 3.04. The second-order valence-electron chi connectivity index (χ2n) is 6.21. The lowest BCUT2D eigenvalue weighted by Crippen LogP contribution is -2.51. The lowest BCUT2D eigenvalue weighted by molar-refractivity contribution is -0.135.